The largest absolute Gasteiger partial charge is 0.354 e. The van der Waals surface area contributed by atoms with E-state index in [9.17, 15) is 4.79 Å². The molecule has 1 amide bonds. The average molecular weight is 262 g/mol. The molecule has 0 heterocycles. The molecule has 0 aliphatic carbocycles. The second-order valence-electron chi connectivity index (χ2n) is 6.10. The van der Waals surface area contributed by atoms with Crippen molar-refractivity contribution in [2.24, 2.45) is 11.1 Å². The third-order valence-corrected chi connectivity index (χ3v) is 3.50. The molecule has 1 aromatic rings. The van der Waals surface area contributed by atoms with Gasteiger partial charge in [-0.3, -0.25) is 4.79 Å². The average Bonchev–Trinajstić information content (AvgIpc) is 2.38. The molecule has 2 atom stereocenters. The van der Waals surface area contributed by atoms with Crippen LogP contribution in [0.4, 0.5) is 0 Å². The van der Waals surface area contributed by atoms with Gasteiger partial charge in [-0.15, -0.1) is 0 Å². The lowest BCUT2D eigenvalue weighted by Gasteiger charge is -2.26. The second-order valence-corrected chi connectivity index (χ2v) is 6.10. The number of rotatable bonds is 5. The Labute approximate surface area is 116 Å². The van der Waals surface area contributed by atoms with Gasteiger partial charge in [0.1, 0.15) is 0 Å². The van der Waals surface area contributed by atoms with E-state index in [0.29, 0.717) is 12.5 Å². The van der Waals surface area contributed by atoms with Crippen LogP contribution in [-0.2, 0) is 4.79 Å². The predicted molar refractivity (Wildman–Crippen MR) is 79.9 cm³/mol. The maximum absolute atomic E-state index is 12.0. The van der Waals surface area contributed by atoms with E-state index in [1.807, 2.05) is 39.0 Å². The number of nitrogens with two attached hydrogens (primary N) is 1. The van der Waals surface area contributed by atoms with Gasteiger partial charge in [0, 0.05) is 12.5 Å². The van der Waals surface area contributed by atoms with Crippen LogP contribution in [-0.4, -0.2) is 18.5 Å². The third kappa shape index (κ3) is 4.67. The van der Waals surface area contributed by atoms with E-state index in [-0.39, 0.29) is 11.3 Å². The fourth-order valence-electron chi connectivity index (χ4n) is 1.95. The van der Waals surface area contributed by atoms with Crippen molar-refractivity contribution in [1.82, 2.24) is 5.32 Å². The van der Waals surface area contributed by atoms with Crippen molar-refractivity contribution in [3.63, 3.8) is 0 Å². The van der Waals surface area contributed by atoms with Crippen LogP contribution < -0.4 is 11.1 Å². The zero-order chi connectivity index (χ0) is 14.5. The molecule has 0 saturated carbocycles. The van der Waals surface area contributed by atoms with Crippen molar-refractivity contribution in [1.29, 1.82) is 0 Å². The smallest absolute Gasteiger partial charge is 0.237 e. The molecule has 0 radical (unpaired) electrons. The number of amides is 1. The minimum atomic E-state index is -0.472. The summed E-state index contributed by atoms with van der Waals surface area (Å²) < 4.78 is 0. The van der Waals surface area contributed by atoms with E-state index in [1.54, 1.807) is 0 Å². The summed E-state index contributed by atoms with van der Waals surface area (Å²) in [5.74, 6) is 0.277. The molecule has 0 aliphatic rings. The molecule has 19 heavy (non-hydrogen) atoms. The first-order valence-electron chi connectivity index (χ1n) is 6.94. The van der Waals surface area contributed by atoms with E-state index in [0.717, 1.165) is 6.42 Å². The first kappa shape index (κ1) is 15.7. The summed E-state index contributed by atoms with van der Waals surface area (Å²) in [7, 11) is 0. The van der Waals surface area contributed by atoms with E-state index < -0.39 is 6.04 Å². The minimum absolute atomic E-state index is 0.0677. The van der Waals surface area contributed by atoms with Gasteiger partial charge < -0.3 is 11.1 Å². The van der Waals surface area contributed by atoms with Crippen LogP contribution in [0.5, 0.6) is 0 Å². The lowest BCUT2D eigenvalue weighted by atomic mass is 9.86. The highest BCUT2D eigenvalue weighted by atomic mass is 16.2. The molecule has 0 aromatic heterocycles. The molecule has 3 N–H and O–H groups in total. The van der Waals surface area contributed by atoms with Crippen LogP contribution in [0.3, 0.4) is 0 Å². The highest BCUT2D eigenvalue weighted by Gasteiger charge is 2.27. The van der Waals surface area contributed by atoms with Gasteiger partial charge in [0.2, 0.25) is 5.91 Å². The normalized spacial score (nSPS) is 14.8. The number of benzene rings is 1. The summed E-state index contributed by atoms with van der Waals surface area (Å²) in [6, 6.07) is 9.79. The van der Waals surface area contributed by atoms with E-state index in [2.05, 4.69) is 24.4 Å². The first-order valence-corrected chi connectivity index (χ1v) is 6.94. The molecule has 1 rings (SSSR count). The Morgan fingerprint density at radius 2 is 1.84 bits per heavy atom. The number of nitrogens with one attached hydrogen (secondary N) is 1. The summed E-state index contributed by atoms with van der Waals surface area (Å²) >= 11 is 0. The monoisotopic (exact) mass is 262 g/mol. The quantitative estimate of drug-likeness (QED) is 0.857. The molecule has 0 aliphatic heterocycles. The van der Waals surface area contributed by atoms with Crippen molar-refractivity contribution in [2.45, 2.75) is 46.1 Å². The fourth-order valence-corrected chi connectivity index (χ4v) is 1.95. The van der Waals surface area contributed by atoms with Gasteiger partial charge in [-0.1, -0.05) is 58.0 Å². The summed E-state index contributed by atoms with van der Waals surface area (Å²) in [6.07, 6.45) is 0.995. The Balaban J connectivity index is 2.58. The van der Waals surface area contributed by atoms with Crippen LogP contribution in [0.15, 0.2) is 30.3 Å². The predicted octanol–water partition coefficient (Wildman–Crippen LogP) is 2.67. The van der Waals surface area contributed by atoms with Crippen LogP contribution in [0.1, 0.15) is 45.6 Å². The number of hydrogen-bond donors (Lipinski definition) is 2. The highest BCUT2D eigenvalue weighted by Crippen LogP contribution is 2.20. The standard InChI is InChI=1S/C16H26N2O/c1-5-12(13-9-7-6-8-10-13)11-18-15(19)14(17)16(2,3)4/h6-10,12,14H,5,11,17H2,1-4H3,(H,18,19)/t12?,14-/m1/s1. The van der Waals surface area contributed by atoms with Crippen LogP contribution in [0, 0.1) is 5.41 Å². The molecular formula is C16H26N2O. The van der Waals surface area contributed by atoms with Crippen molar-refractivity contribution < 1.29 is 4.79 Å². The van der Waals surface area contributed by atoms with Gasteiger partial charge in [0.05, 0.1) is 6.04 Å². The maximum atomic E-state index is 12.0. The summed E-state index contributed by atoms with van der Waals surface area (Å²) in [4.78, 5) is 12.0. The SMILES string of the molecule is CCC(CNC(=O)[C@@H](N)C(C)(C)C)c1ccccc1. The van der Waals surface area contributed by atoms with E-state index >= 15 is 0 Å². The number of carbonyl (C=O) groups is 1. The van der Waals surface area contributed by atoms with Crippen molar-refractivity contribution in [3.8, 4) is 0 Å². The van der Waals surface area contributed by atoms with Gasteiger partial charge in [0.15, 0.2) is 0 Å². The fraction of sp³-hybridized carbons (Fsp3) is 0.562. The second kappa shape index (κ2) is 6.71. The third-order valence-electron chi connectivity index (χ3n) is 3.50. The summed E-state index contributed by atoms with van der Waals surface area (Å²) in [5, 5.41) is 2.97. The van der Waals surface area contributed by atoms with Gasteiger partial charge in [0.25, 0.3) is 0 Å². The number of carbonyl (C=O) groups excluding carboxylic acids is 1. The van der Waals surface area contributed by atoms with Crippen LogP contribution >= 0.6 is 0 Å². The molecule has 3 nitrogen and oxygen atoms in total. The van der Waals surface area contributed by atoms with E-state index in [4.69, 9.17) is 5.73 Å². The van der Waals surface area contributed by atoms with Gasteiger partial charge >= 0.3 is 0 Å². The van der Waals surface area contributed by atoms with Gasteiger partial charge in [-0.05, 0) is 17.4 Å². The molecular weight excluding hydrogens is 236 g/mol. The molecule has 0 bridgehead atoms. The van der Waals surface area contributed by atoms with Gasteiger partial charge in [-0.2, -0.15) is 0 Å². The summed E-state index contributed by atoms with van der Waals surface area (Å²) in [6.45, 7) is 8.71. The Bertz CT molecular complexity index is 395. The van der Waals surface area contributed by atoms with Crippen LogP contribution in [0.25, 0.3) is 0 Å². The highest BCUT2D eigenvalue weighted by molar-refractivity contribution is 5.82. The molecule has 0 spiro atoms. The lowest BCUT2D eigenvalue weighted by Crippen LogP contribution is -2.49. The Hall–Kier alpha value is -1.35. The zero-order valence-electron chi connectivity index (χ0n) is 12.4. The topological polar surface area (TPSA) is 55.1 Å². The minimum Gasteiger partial charge on any atom is -0.354 e. The lowest BCUT2D eigenvalue weighted by molar-refractivity contribution is -0.124. The Morgan fingerprint density at radius 1 is 1.26 bits per heavy atom. The molecule has 0 saturated heterocycles. The van der Waals surface area contributed by atoms with E-state index in [1.165, 1.54) is 5.56 Å². The number of hydrogen-bond acceptors (Lipinski definition) is 2. The first-order chi connectivity index (χ1) is 8.86. The summed E-state index contributed by atoms with van der Waals surface area (Å²) in [5.41, 5.74) is 7.00. The Morgan fingerprint density at radius 3 is 2.32 bits per heavy atom. The molecule has 0 fully saturated rings. The van der Waals surface area contributed by atoms with Crippen molar-refractivity contribution >= 4 is 5.91 Å². The maximum Gasteiger partial charge on any atom is 0.237 e. The van der Waals surface area contributed by atoms with Crippen molar-refractivity contribution in [3.05, 3.63) is 35.9 Å². The molecule has 1 aromatic carbocycles. The van der Waals surface area contributed by atoms with Crippen molar-refractivity contribution in [2.75, 3.05) is 6.54 Å². The molecule has 106 valence electrons. The Kier molecular flexibility index (Phi) is 5.55. The molecule has 1 unspecified atom stereocenters. The zero-order valence-corrected chi connectivity index (χ0v) is 12.4. The van der Waals surface area contributed by atoms with Gasteiger partial charge in [-0.25, -0.2) is 0 Å². The molecule has 3 heteroatoms. The van der Waals surface area contributed by atoms with Crippen LogP contribution in [0.2, 0.25) is 0 Å².